The molecule has 0 aromatic carbocycles. The lowest BCUT2D eigenvalue weighted by Crippen LogP contribution is -2.33. The molecule has 2 aliphatic carbocycles. The number of hydrogen-bond donors (Lipinski definition) is 3. The molecule has 2 atom stereocenters. The topological polar surface area (TPSA) is 105 Å². The van der Waals surface area contributed by atoms with Crippen LogP contribution in [0.15, 0.2) is 16.9 Å². The molecule has 4 N–H and O–H groups in total. The molecule has 2 heterocycles. The Kier molecular flexibility index (Phi) is 5.34. The second kappa shape index (κ2) is 7.69. The Morgan fingerprint density at radius 3 is 2.67 bits per heavy atom. The van der Waals surface area contributed by atoms with Gasteiger partial charge in [-0.05, 0) is 73.1 Å². The van der Waals surface area contributed by atoms with Crippen LogP contribution in [0, 0.1) is 11.3 Å². The number of H-pyrrole nitrogens is 1. The quantitative estimate of drug-likeness (QED) is 0.698. The molecule has 2 unspecified atom stereocenters. The van der Waals surface area contributed by atoms with Crippen molar-refractivity contribution in [3.63, 3.8) is 0 Å². The zero-order chi connectivity index (χ0) is 21.6. The lowest BCUT2D eigenvalue weighted by Gasteiger charge is -2.33. The minimum atomic E-state index is -0.756. The van der Waals surface area contributed by atoms with Gasteiger partial charge in [-0.25, -0.2) is 0 Å². The van der Waals surface area contributed by atoms with Gasteiger partial charge in [0.25, 0.3) is 17.4 Å². The van der Waals surface area contributed by atoms with Crippen LogP contribution < -0.4 is 16.6 Å². The van der Waals surface area contributed by atoms with Crippen molar-refractivity contribution >= 4 is 23.2 Å². The monoisotopic (exact) mass is 427 g/mol. The Labute approximate surface area is 180 Å². The van der Waals surface area contributed by atoms with Crippen LogP contribution in [0.3, 0.4) is 0 Å². The fourth-order valence-corrected chi connectivity index (χ4v) is 5.79. The van der Waals surface area contributed by atoms with Crippen molar-refractivity contribution in [1.29, 1.82) is 0 Å². The van der Waals surface area contributed by atoms with Gasteiger partial charge in [-0.15, -0.1) is 11.3 Å². The largest absolute Gasteiger partial charge is 0.365 e. The Morgan fingerprint density at radius 2 is 1.97 bits per heavy atom. The summed E-state index contributed by atoms with van der Waals surface area (Å²) in [6.45, 7) is 6.86. The summed E-state index contributed by atoms with van der Waals surface area (Å²) in [7, 11) is 0. The Bertz CT molecular complexity index is 1060. The van der Waals surface area contributed by atoms with Crippen LogP contribution in [-0.2, 0) is 19.3 Å². The second-order valence-corrected chi connectivity index (χ2v) is 10.7. The second-order valence-electron chi connectivity index (χ2n) is 9.59. The summed E-state index contributed by atoms with van der Waals surface area (Å²) in [5, 5.41) is 3.12. The van der Waals surface area contributed by atoms with Crippen molar-refractivity contribution in [3.8, 4) is 0 Å². The average Bonchev–Trinajstić information content (AvgIpc) is 3.10. The van der Waals surface area contributed by atoms with E-state index in [1.165, 1.54) is 10.4 Å². The summed E-state index contributed by atoms with van der Waals surface area (Å²) in [6, 6.07) is 3.37. The molecular formula is C23H29N3O3S. The summed E-state index contributed by atoms with van der Waals surface area (Å²) < 4.78 is 0. The van der Waals surface area contributed by atoms with E-state index in [1.807, 2.05) is 0 Å². The third-order valence-electron chi connectivity index (χ3n) is 6.55. The molecule has 2 aromatic heterocycles. The smallest absolute Gasteiger partial charge is 0.261 e. The fraction of sp³-hybridized carbons (Fsp3) is 0.522. The highest BCUT2D eigenvalue weighted by atomic mass is 32.1. The normalized spacial score (nSPS) is 20.9. The van der Waals surface area contributed by atoms with Gasteiger partial charge in [-0.3, -0.25) is 14.4 Å². The van der Waals surface area contributed by atoms with Crippen molar-refractivity contribution in [1.82, 2.24) is 10.3 Å². The van der Waals surface area contributed by atoms with Crippen molar-refractivity contribution < 1.29 is 9.59 Å². The van der Waals surface area contributed by atoms with Gasteiger partial charge in [-0.1, -0.05) is 20.8 Å². The summed E-state index contributed by atoms with van der Waals surface area (Å²) in [5.74, 6) is -0.217. The van der Waals surface area contributed by atoms with Gasteiger partial charge in [0.2, 0.25) is 0 Å². The predicted molar refractivity (Wildman–Crippen MR) is 118 cm³/mol. The maximum absolute atomic E-state index is 13.0. The number of nitrogens with two attached hydrogens (primary N) is 1. The zero-order valence-corrected chi connectivity index (χ0v) is 18.6. The van der Waals surface area contributed by atoms with Crippen LogP contribution in [0.2, 0.25) is 0 Å². The molecular weight excluding hydrogens is 398 g/mol. The number of aromatic nitrogens is 1. The Balaban J connectivity index is 1.55. The molecule has 4 rings (SSSR count). The lowest BCUT2D eigenvalue weighted by molar-refractivity contribution is 0.0936. The van der Waals surface area contributed by atoms with Crippen molar-refractivity contribution in [2.75, 3.05) is 0 Å². The number of rotatable bonds is 3. The minimum absolute atomic E-state index is 0.0605. The number of amides is 2. The van der Waals surface area contributed by atoms with Crippen LogP contribution >= 0.6 is 11.3 Å². The first-order chi connectivity index (χ1) is 14.1. The minimum Gasteiger partial charge on any atom is -0.365 e. The van der Waals surface area contributed by atoms with E-state index in [0.717, 1.165) is 54.7 Å². The van der Waals surface area contributed by atoms with Gasteiger partial charge in [-0.2, -0.15) is 0 Å². The highest BCUT2D eigenvalue weighted by molar-refractivity contribution is 7.14. The van der Waals surface area contributed by atoms with Gasteiger partial charge in [0, 0.05) is 10.6 Å². The Hall–Kier alpha value is -2.41. The number of aromatic amines is 1. The molecule has 160 valence electrons. The number of thiophene rings is 1. The van der Waals surface area contributed by atoms with E-state index < -0.39 is 11.5 Å². The number of aryl methyl sites for hydroxylation is 2. The molecule has 0 spiro atoms. The molecule has 0 fully saturated rings. The van der Waals surface area contributed by atoms with E-state index in [1.54, 1.807) is 17.4 Å². The standard InChI is InChI=1S/C23H29N3O3S/c1-23(2,3)13-7-8-18-12(9-13)10-19(30-18)22(29)26-17-6-4-5-16-14(17)11-15(20(24)27)21(28)25-16/h10-11,13,17H,4-9H2,1-3H3,(H2,24,27)(H,25,28)(H,26,29). The highest BCUT2D eigenvalue weighted by Gasteiger charge is 2.31. The highest BCUT2D eigenvalue weighted by Crippen LogP contribution is 2.40. The zero-order valence-electron chi connectivity index (χ0n) is 17.8. The molecule has 0 aliphatic heterocycles. The molecule has 7 heteroatoms. The van der Waals surface area contributed by atoms with Crippen LogP contribution in [0.4, 0.5) is 0 Å². The van der Waals surface area contributed by atoms with Crippen LogP contribution in [-0.4, -0.2) is 16.8 Å². The third kappa shape index (κ3) is 3.95. The summed E-state index contributed by atoms with van der Waals surface area (Å²) >= 11 is 1.59. The SMILES string of the molecule is CC(C)(C)C1CCc2sc(C(=O)NC3CCCc4[nH]c(=O)c(C(N)=O)cc43)cc2C1. The molecule has 0 saturated heterocycles. The molecule has 30 heavy (non-hydrogen) atoms. The summed E-state index contributed by atoms with van der Waals surface area (Å²) in [5.41, 5.74) is 7.95. The number of fused-ring (bicyclic) bond motifs is 2. The number of nitrogens with one attached hydrogen (secondary N) is 2. The molecule has 0 saturated carbocycles. The molecule has 2 amide bonds. The molecule has 0 radical (unpaired) electrons. The lowest BCUT2D eigenvalue weighted by atomic mass is 9.72. The van der Waals surface area contributed by atoms with Gasteiger partial charge >= 0.3 is 0 Å². The van der Waals surface area contributed by atoms with E-state index in [9.17, 15) is 14.4 Å². The van der Waals surface area contributed by atoms with E-state index >= 15 is 0 Å². The first-order valence-electron chi connectivity index (χ1n) is 10.6. The van der Waals surface area contributed by atoms with E-state index in [-0.39, 0.29) is 22.9 Å². The molecule has 2 aromatic rings. The van der Waals surface area contributed by atoms with Crippen molar-refractivity contribution in [2.45, 2.75) is 65.3 Å². The Morgan fingerprint density at radius 1 is 1.20 bits per heavy atom. The van der Waals surface area contributed by atoms with Gasteiger partial charge in [0.1, 0.15) is 5.56 Å². The number of carbonyl (C=O) groups is 2. The number of primary amides is 1. The van der Waals surface area contributed by atoms with Crippen LogP contribution in [0.25, 0.3) is 0 Å². The first kappa shape index (κ1) is 20.8. The summed E-state index contributed by atoms with van der Waals surface area (Å²) in [4.78, 5) is 41.5. The van der Waals surface area contributed by atoms with E-state index in [0.29, 0.717) is 5.92 Å². The van der Waals surface area contributed by atoms with Gasteiger partial charge in [0.15, 0.2) is 0 Å². The molecule has 2 aliphatic rings. The number of pyridine rings is 1. The third-order valence-corrected chi connectivity index (χ3v) is 7.79. The van der Waals surface area contributed by atoms with Crippen molar-refractivity contribution in [2.24, 2.45) is 17.1 Å². The fourth-order valence-electron chi connectivity index (χ4n) is 4.68. The molecule has 6 nitrogen and oxygen atoms in total. The number of hydrogen-bond acceptors (Lipinski definition) is 4. The molecule has 0 bridgehead atoms. The number of carbonyl (C=O) groups excluding carboxylic acids is 2. The van der Waals surface area contributed by atoms with Crippen LogP contribution in [0.1, 0.15) is 87.8 Å². The van der Waals surface area contributed by atoms with Gasteiger partial charge in [0.05, 0.1) is 10.9 Å². The summed E-state index contributed by atoms with van der Waals surface area (Å²) in [6.07, 6.45) is 5.57. The maximum atomic E-state index is 13.0. The average molecular weight is 428 g/mol. The predicted octanol–water partition coefficient (Wildman–Crippen LogP) is 3.49. The van der Waals surface area contributed by atoms with Crippen LogP contribution in [0.5, 0.6) is 0 Å². The van der Waals surface area contributed by atoms with Gasteiger partial charge < -0.3 is 16.0 Å². The van der Waals surface area contributed by atoms with E-state index in [4.69, 9.17) is 5.73 Å². The van der Waals surface area contributed by atoms with Crippen molar-refractivity contribution in [3.05, 3.63) is 54.6 Å². The van der Waals surface area contributed by atoms with E-state index in [2.05, 4.69) is 37.1 Å². The maximum Gasteiger partial charge on any atom is 0.261 e. The first-order valence-corrected chi connectivity index (χ1v) is 11.4.